The van der Waals surface area contributed by atoms with Gasteiger partial charge in [-0.1, -0.05) is 60.4 Å². The number of amides is 1. The molecule has 0 N–H and O–H groups in total. The lowest BCUT2D eigenvalue weighted by Crippen LogP contribution is -2.31. The van der Waals surface area contributed by atoms with Gasteiger partial charge in [0, 0.05) is 19.3 Å². The monoisotopic (exact) mass is 476 g/mol. The number of nitrogens with zero attached hydrogens (tertiary/aromatic N) is 4. The van der Waals surface area contributed by atoms with Gasteiger partial charge in [0.05, 0.1) is 16.5 Å². The summed E-state index contributed by atoms with van der Waals surface area (Å²) in [6.45, 7) is 5.60. The highest BCUT2D eigenvalue weighted by Gasteiger charge is 2.36. The van der Waals surface area contributed by atoms with Gasteiger partial charge in [0.1, 0.15) is 15.8 Å². The molecule has 1 aromatic carbocycles. The van der Waals surface area contributed by atoms with Crippen LogP contribution in [0.1, 0.15) is 42.5 Å². The Kier molecular flexibility index (Phi) is 5.80. The number of hydrogen-bond donors (Lipinski definition) is 0. The van der Waals surface area contributed by atoms with Gasteiger partial charge in [0.25, 0.3) is 11.5 Å². The van der Waals surface area contributed by atoms with Crippen molar-refractivity contribution in [3.05, 3.63) is 80.6 Å². The van der Waals surface area contributed by atoms with Gasteiger partial charge < -0.3 is 4.90 Å². The summed E-state index contributed by atoms with van der Waals surface area (Å²) in [5, 5.41) is 0. The molecule has 168 valence electrons. The van der Waals surface area contributed by atoms with Crippen molar-refractivity contribution in [1.29, 1.82) is 0 Å². The molecule has 5 rings (SSSR count). The Bertz CT molecular complexity index is 1340. The molecular formula is C25H24N4O2S2. The molecule has 1 atom stereocenters. The van der Waals surface area contributed by atoms with Gasteiger partial charge in [0.15, 0.2) is 0 Å². The maximum absolute atomic E-state index is 13.6. The zero-order chi connectivity index (χ0) is 23.1. The van der Waals surface area contributed by atoms with Crippen molar-refractivity contribution in [2.45, 2.75) is 32.7 Å². The predicted molar refractivity (Wildman–Crippen MR) is 138 cm³/mol. The first-order chi connectivity index (χ1) is 15.9. The summed E-state index contributed by atoms with van der Waals surface area (Å²) in [7, 11) is 0. The lowest BCUT2D eigenvalue weighted by atomic mass is 10.1. The Morgan fingerprint density at radius 2 is 1.82 bits per heavy atom. The zero-order valence-electron chi connectivity index (χ0n) is 18.5. The molecule has 8 heteroatoms. The molecule has 0 radical (unpaired) electrons. The van der Waals surface area contributed by atoms with Crippen LogP contribution in [-0.2, 0) is 4.79 Å². The second-order valence-corrected chi connectivity index (χ2v) is 10.1. The number of pyridine rings is 1. The van der Waals surface area contributed by atoms with Crippen molar-refractivity contribution in [3.8, 4) is 0 Å². The van der Waals surface area contributed by atoms with E-state index in [1.54, 1.807) is 21.6 Å². The number of carbonyl (C=O) groups is 1. The quantitative estimate of drug-likeness (QED) is 0.406. The topological polar surface area (TPSA) is 57.9 Å². The molecule has 33 heavy (non-hydrogen) atoms. The molecular weight excluding hydrogens is 452 g/mol. The standard InChI is InChI=1S/C25H24N4O2S2/c1-16-10-11-21-26-22(27-12-6-7-13-27)19(23(30)28(21)15-16)14-20-24(31)29(25(32)33-20)17(2)18-8-4-3-5-9-18/h3-5,8-11,14-15,17H,6-7,12-13H2,1-2H3. The lowest BCUT2D eigenvalue weighted by Gasteiger charge is -2.23. The van der Waals surface area contributed by atoms with E-state index in [2.05, 4.69) is 4.90 Å². The van der Waals surface area contributed by atoms with E-state index in [-0.39, 0.29) is 17.5 Å². The normalized spacial score (nSPS) is 18.7. The molecule has 6 nitrogen and oxygen atoms in total. The first kappa shape index (κ1) is 21.9. The summed E-state index contributed by atoms with van der Waals surface area (Å²) in [5.41, 5.74) is 2.85. The summed E-state index contributed by atoms with van der Waals surface area (Å²) in [6, 6.07) is 13.4. The van der Waals surface area contributed by atoms with Gasteiger partial charge in [-0.25, -0.2) is 4.98 Å². The number of aromatic nitrogens is 2. The Labute approximate surface area is 201 Å². The molecule has 3 aromatic rings. The molecule has 0 saturated carbocycles. The number of aryl methyl sites for hydroxylation is 1. The molecule has 2 aliphatic rings. The number of fused-ring (bicyclic) bond motifs is 1. The van der Waals surface area contributed by atoms with Crippen molar-refractivity contribution in [1.82, 2.24) is 14.3 Å². The minimum Gasteiger partial charge on any atom is -0.356 e. The van der Waals surface area contributed by atoms with Crippen molar-refractivity contribution in [2.24, 2.45) is 0 Å². The smallest absolute Gasteiger partial charge is 0.267 e. The molecule has 1 amide bonds. The van der Waals surface area contributed by atoms with Gasteiger partial charge in [0.2, 0.25) is 0 Å². The van der Waals surface area contributed by atoms with Crippen LogP contribution in [0.25, 0.3) is 11.7 Å². The molecule has 2 saturated heterocycles. The number of rotatable bonds is 4. The molecule has 2 aromatic heterocycles. The third kappa shape index (κ3) is 3.98. The third-order valence-electron chi connectivity index (χ3n) is 6.16. The van der Waals surface area contributed by atoms with Crippen LogP contribution in [0.4, 0.5) is 5.82 Å². The zero-order valence-corrected chi connectivity index (χ0v) is 20.2. The SMILES string of the molecule is Cc1ccc2nc(N3CCCC3)c(C=C3SC(=S)N(C(C)c4ccccc4)C3=O)c(=O)n2c1. The second kappa shape index (κ2) is 8.76. The van der Waals surface area contributed by atoms with Crippen molar-refractivity contribution in [2.75, 3.05) is 18.0 Å². The first-order valence-electron chi connectivity index (χ1n) is 11.0. The van der Waals surface area contributed by atoms with E-state index in [1.807, 2.05) is 56.3 Å². The minimum absolute atomic E-state index is 0.174. The average molecular weight is 477 g/mol. The fourth-order valence-electron chi connectivity index (χ4n) is 4.37. The second-order valence-electron chi connectivity index (χ2n) is 8.42. The highest BCUT2D eigenvalue weighted by molar-refractivity contribution is 8.26. The Morgan fingerprint density at radius 1 is 1.09 bits per heavy atom. The first-order valence-corrected chi connectivity index (χ1v) is 12.3. The van der Waals surface area contributed by atoms with Crippen LogP contribution >= 0.6 is 24.0 Å². The van der Waals surface area contributed by atoms with E-state index < -0.39 is 0 Å². The molecule has 4 heterocycles. The van der Waals surface area contributed by atoms with Crippen LogP contribution in [0.15, 0.2) is 58.4 Å². The lowest BCUT2D eigenvalue weighted by molar-refractivity contribution is -0.123. The van der Waals surface area contributed by atoms with Crippen molar-refractivity contribution in [3.63, 3.8) is 0 Å². The number of thioether (sulfide) groups is 1. The summed E-state index contributed by atoms with van der Waals surface area (Å²) < 4.78 is 2.06. The summed E-state index contributed by atoms with van der Waals surface area (Å²) in [6.07, 6.45) is 5.60. The van der Waals surface area contributed by atoms with Crippen LogP contribution in [0.2, 0.25) is 0 Å². The largest absolute Gasteiger partial charge is 0.356 e. The predicted octanol–water partition coefficient (Wildman–Crippen LogP) is 4.57. The van der Waals surface area contributed by atoms with Gasteiger partial charge in [-0.2, -0.15) is 0 Å². The fourth-order valence-corrected chi connectivity index (χ4v) is 5.77. The van der Waals surface area contributed by atoms with E-state index in [0.717, 1.165) is 37.1 Å². The molecule has 2 fully saturated rings. The summed E-state index contributed by atoms with van der Waals surface area (Å²) >= 11 is 6.81. The Hall–Kier alpha value is -2.97. The van der Waals surface area contributed by atoms with E-state index >= 15 is 0 Å². The molecule has 1 unspecified atom stereocenters. The highest BCUT2D eigenvalue weighted by Crippen LogP contribution is 2.38. The van der Waals surface area contributed by atoms with Crippen LogP contribution in [-0.4, -0.2) is 37.6 Å². The maximum Gasteiger partial charge on any atom is 0.267 e. The fraction of sp³-hybridized carbons (Fsp3) is 0.280. The maximum atomic E-state index is 13.6. The van der Waals surface area contributed by atoms with E-state index in [4.69, 9.17) is 17.2 Å². The van der Waals surface area contributed by atoms with Crippen LogP contribution in [0.3, 0.4) is 0 Å². The summed E-state index contributed by atoms with van der Waals surface area (Å²) in [5.74, 6) is 0.463. The summed E-state index contributed by atoms with van der Waals surface area (Å²) in [4.78, 5) is 36.0. The van der Waals surface area contributed by atoms with Gasteiger partial charge in [-0.3, -0.25) is 18.9 Å². The Balaban J connectivity index is 1.60. The van der Waals surface area contributed by atoms with E-state index in [9.17, 15) is 9.59 Å². The Morgan fingerprint density at radius 3 is 2.55 bits per heavy atom. The number of hydrogen-bond acceptors (Lipinski definition) is 6. The number of carbonyl (C=O) groups excluding carboxylic acids is 1. The number of benzene rings is 1. The van der Waals surface area contributed by atoms with Crippen molar-refractivity contribution < 1.29 is 4.79 Å². The van der Waals surface area contributed by atoms with E-state index in [1.165, 1.54) is 11.8 Å². The van der Waals surface area contributed by atoms with E-state index in [0.29, 0.717) is 26.3 Å². The number of anilines is 1. The van der Waals surface area contributed by atoms with Crippen molar-refractivity contribution >= 4 is 51.7 Å². The molecule has 2 aliphatic heterocycles. The van der Waals surface area contributed by atoms with Crippen LogP contribution in [0.5, 0.6) is 0 Å². The van der Waals surface area contributed by atoms with Gasteiger partial charge in [-0.15, -0.1) is 0 Å². The molecule has 0 aliphatic carbocycles. The van der Waals surface area contributed by atoms with Gasteiger partial charge in [-0.05, 0) is 50.0 Å². The van der Waals surface area contributed by atoms with Crippen LogP contribution in [0, 0.1) is 6.92 Å². The molecule has 0 spiro atoms. The molecule has 0 bridgehead atoms. The van der Waals surface area contributed by atoms with Gasteiger partial charge >= 0.3 is 0 Å². The minimum atomic E-state index is -0.193. The van der Waals surface area contributed by atoms with Crippen LogP contribution < -0.4 is 10.5 Å². The third-order valence-corrected chi connectivity index (χ3v) is 7.49. The number of thiocarbonyl (C=S) groups is 1. The average Bonchev–Trinajstić information content (AvgIpc) is 3.44. The highest BCUT2D eigenvalue weighted by atomic mass is 32.2.